The van der Waals surface area contributed by atoms with Crippen LogP contribution < -0.4 is 9.64 Å². The summed E-state index contributed by atoms with van der Waals surface area (Å²) >= 11 is 13.2. The molecule has 0 radical (unpaired) electrons. The number of para-hydroxylation sites is 1. The Morgan fingerprint density at radius 1 is 1.00 bits per heavy atom. The number of aryl methyl sites for hydroxylation is 1. The highest BCUT2D eigenvalue weighted by atomic mass is 35.5. The number of fused-ring (bicyclic) bond motifs is 5. The number of carbonyl (C=O) groups is 1. The lowest BCUT2D eigenvalue weighted by atomic mass is 9.62. The average Bonchev–Trinajstić information content (AvgIpc) is 3.53. The van der Waals surface area contributed by atoms with E-state index in [4.69, 9.17) is 42.3 Å². The molecule has 0 unspecified atom stereocenters. The lowest BCUT2D eigenvalue weighted by Crippen LogP contribution is -2.57. The normalized spacial score (nSPS) is 28.2. The molecule has 1 amide bonds. The van der Waals surface area contributed by atoms with Crippen molar-refractivity contribution in [2.45, 2.75) is 70.2 Å². The van der Waals surface area contributed by atoms with Gasteiger partial charge in [0.15, 0.2) is 0 Å². The van der Waals surface area contributed by atoms with Crippen molar-refractivity contribution in [2.75, 3.05) is 25.1 Å². The van der Waals surface area contributed by atoms with E-state index >= 15 is 0 Å². The third kappa shape index (κ3) is 5.78. The van der Waals surface area contributed by atoms with Crippen molar-refractivity contribution in [2.24, 2.45) is 17.8 Å². The number of halogens is 2. The van der Waals surface area contributed by atoms with Crippen LogP contribution in [0.3, 0.4) is 0 Å². The maximum absolute atomic E-state index is 14.7. The Kier molecular flexibility index (Phi) is 9.61. The zero-order chi connectivity index (χ0) is 32.6. The highest BCUT2D eigenvalue weighted by molar-refractivity contribution is 6.31. The van der Waals surface area contributed by atoms with Gasteiger partial charge in [-0.15, -0.1) is 0 Å². The summed E-state index contributed by atoms with van der Waals surface area (Å²) in [6.45, 7) is 7.44. The van der Waals surface area contributed by atoms with Gasteiger partial charge in [0.05, 0.1) is 31.8 Å². The number of amides is 1. The van der Waals surface area contributed by atoms with E-state index in [0.717, 1.165) is 71.9 Å². The zero-order valence-corrected chi connectivity index (χ0v) is 28.0. The molecule has 242 valence electrons. The molecule has 3 fully saturated rings. The number of anilines is 1. The van der Waals surface area contributed by atoms with E-state index in [1.807, 2.05) is 36.1 Å². The fourth-order valence-corrected chi connectivity index (χ4v) is 9.22. The second kappa shape index (κ2) is 13.5. The van der Waals surface area contributed by atoms with Crippen LogP contribution in [-0.4, -0.2) is 49.3 Å². The van der Waals surface area contributed by atoms with E-state index in [2.05, 4.69) is 48.2 Å². The molecule has 0 bridgehead atoms. The highest BCUT2D eigenvalue weighted by Crippen LogP contribution is 2.56. The van der Waals surface area contributed by atoms with Gasteiger partial charge in [-0.3, -0.25) is 9.69 Å². The molecule has 46 heavy (non-hydrogen) atoms. The first-order chi connectivity index (χ1) is 22.2. The van der Waals surface area contributed by atoms with Crippen LogP contribution in [0.25, 0.3) is 0 Å². The van der Waals surface area contributed by atoms with Crippen molar-refractivity contribution >= 4 is 40.9 Å². The smallest absolute Gasteiger partial charge is 0.373 e. The predicted molar refractivity (Wildman–Crippen MR) is 177 cm³/mol. The maximum Gasteiger partial charge on any atom is 0.373 e. The first kappa shape index (κ1) is 32.7. The molecule has 4 aliphatic rings. The lowest BCUT2D eigenvalue weighted by Gasteiger charge is -2.51. The Labute approximate surface area is 280 Å². The molecular weight excluding hydrogens is 623 g/mol. The summed E-state index contributed by atoms with van der Waals surface area (Å²) in [5, 5.41) is 1.40. The van der Waals surface area contributed by atoms with Crippen molar-refractivity contribution < 1.29 is 23.9 Å². The number of carbonyl (C=O) groups excluding carboxylic acids is 3. The summed E-state index contributed by atoms with van der Waals surface area (Å²) in [6, 6.07) is 20.6. The highest BCUT2D eigenvalue weighted by Gasteiger charge is 2.62. The summed E-state index contributed by atoms with van der Waals surface area (Å²) in [4.78, 5) is 35.6. The molecule has 1 saturated carbocycles. The first-order valence-corrected chi connectivity index (χ1v) is 16.8. The summed E-state index contributed by atoms with van der Waals surface area (Å²) in [5.41, 5.74) is 4.83. The Morgan fingerprint density at radius 3 is 2.48 bits per heavy atom. The van der Waals surface area contributed by atoms with E-state index in [-0.39, 0.29) is 24.2 Å². The number of nitrogens with zero attached hydrogens (tertiary/aromatic N) is 2. The molecule has 9 heteroatoms. The second-order valence-electron chi connectivity index (χ2n) is 13.2. The standard InChI is InChI=1S/C36H40Cl2N2O3.CO2/c1-22-8-9-25(30(37)16-22)20-40-32-7-5-4-6-29(32)36(35(40)41)14-15-39-19-24-11-13-33(23(2)28(24)18-34(36)39)43-21-26-10-12-27(42-3)17-31(26)38;2-1-3/h4-10,12,16-17,23-24,28,33-34H,11,13-15,18-21H2,1-3H3;/t23-,24+,28-,33+,34+,36+;/m1./s1. The van der Waals surface area contributed by atoms with Crippen LogP contribution in [0.4, 0.5) is 5.69 Å². The van der Waals surface area contributed by atoms with Gasteiger partial charge in [0.1, 0.15) is 5.75 Å². The van der Waals surface area contributed by atoms with Crippen molar-refractivity contribution in [3.05, 3.63) is 93.0 Å². The minimum absolute atomic E-state index is 0.176. The van der Waals surface area contributed by atoms with Gasteiger partial charge in [-0.05, 0) is 103 Å². The fourth-order valence-electron chi connectivity index (χ4n) is 8.70. The number of hydrogen-bond acceptors (Lipinski definition) is 6. The van der Waals surface area contributed by atoms with E-state index < -0.39 is 5.41 Å². The minimum atomic E-state index is -0.511. The SMILES string of the molecule is COc1ccc(CO[C@H]2CC[C@H]3CN4CC[C@@]5(C(=O)N(Cc6ccc(C)cc6Cl)c6ccccc65)[C@@H]4C[C@@H]3[C@H]2C)c(Cl)c1.O=C=O. The number of methoxy groups -OCH3 is 1. The van der Waals surface area contributed by atoms with Crippen LogP contribution in [0.1, 0.15) is 54.9 Å². The lowest BCUT2D eigenvalue weighted by molar-refractivity contribution is -0.191. The number of benzene rings is 3. The Balaban J connectivity index is 0.00000119. The third-order valence-corrected chi connectivity index (χ3v) is 11.7. The van der Waals surface area contributed by atoms with Gasteiger partial charge in [-0.1, -0.05) is 66.5 Å². The topological polar surface area (TPSA) is 76.2 Å². The molecule has 7 nitrogen and oxygen atoms in total. The van der Waals surface area contributed by atoms with Crippen LogP contribution in [0.15, 0.2) is 60.7 Å². The van der Waals surface area contributed by atoms with Crippen molar-refractivity contribution in [1.82, 2.24) is 4.90 Å². The summed E-state index contributed by atoms with van der Waals surface area (Å²) in [7, 11) is 1.65. The summed E-state index contributed by atoms with van der Waals surface area (Å²) in [6.07, 6.45) is 4.54. The number of hydrogen-bond donors (Lipinski definition) is 0. The largest absolute Gasteiger partial charge is 0.497 e. The Morgan fingerprint density at radius 2 is 1.74 bits per heavy atom. The molecule has 3 aromatic carbocycles. The third-order valence-electron chi connectivity index (χ3n) is 11.0. The number of piperidine rings is 1. The van der Waals surface area contributed by atoms with Gasteiger partial charge in [0.25, 0.3) is 0 Å². The Hall–Kier alpha value is -3.19. The number of ether oxygens (including phenoxy) is 2. The van der Waals surface area contributed by atoms with Gasteiger partial charge in [0.2, 0.25) is 5.91 Å². The second-order valence-corrected chi connectivity index (χ2v) is 14.0. The molecule has 7 rings (SSSR count). The molecule has 6 atom stereocenters. The van der Waals surface area contributed by atoms with Crippen molar-refractivity contribution in [3.8, 4) is 5.75 Å². The van der Waals surface area contributed by atoms with Crippen LogP contribution in [0, 0.1) is 24.7 Å². The molecule has 3 aromatic rings. The van der Waals surface area contributed by atoms with Crippen molar-refractivity contribution in [3.63, 3.8) is 0 Å². The summed E-state index contributed by atoms with van der Waals surface area (Å²) < 4.78 is 11.9. The van der Waals surface area contributed by atoms with Gasteiger partial charge >= 0.3 is 6.15 Å². The average molecular weight is 664 g/mol. The maximum atomic E-state index is 14.7. The molecule has 1 aliphatic carbocycles. The molecule has 0 aromatic heterocycles. The van der Waals surface area contributed by atoms with E-state index in [1.165, 1.54) is 5.56 Å². The van der Waals surface area contributed by atoms with Gasteiger partial charge in [-0.2, -0.15) is 9.59 Å². The fraction of sp³-hybridized carbons (Fsp3) is 0.459. The molecule has 0 N–H and O–H groups in total. The molecular formula is C37H40Cl2N2O5. The quantitative estimate of drug-likeness (QED) is 0.277. The zero-order valence-electron chi connectivity index (χ0n) is 26.5. The van der Waals surface area contributed by atoms with Crippen LogP contribution >= 0.6 is 23.2 Å². The van der Waals surface area contributed by atoms with Gasteiger partial charge < -0.3 is 14.4 Å². The van der Waals surface area contributed by atoms with Gasteiger partial charge in [0, 0.05) is 28.3 Å². The van der Waals surface area contributed by atoms with Crippen LogP contribution in [-0.2, 0) is 37.7 Å². The molecule has 2 saturated heterocycles. The predicted octanol–water partition coefficient (Wildman–Crippen LogP) is 7.24. The van der Waals surface area contributed by atoms with Crippen LogP contribution in [0.5, 0.6) is 5.75 Å². The molecule has 3 heterocycles. The minimum Gasteiger partial charge on any atom is -0.497 e. The summed E-state index contributed by atoms with van der Waals surface area (Å²) in [5.74, 6) is 2.55. The van der Waals surface area contributed by atoms with E-state index in [1.54, 1.807) is 7.11 Å². The van der Waals surface area contributed by atoms with E-state index in [0.29, 0.717) is 35.9 Å². The van der Waals surface area contributed by atoms with Crippen molar-refractivity contribution in [1.29, 1.82) is 0 Å². The number of rotatable bonds is 6. The van der Waals surface area contributed by atoms with Gasteiger partial charge in [-0.25, -0.2) is 0 Å². The monoisotopic (exact) mass is 662 g/mol. The Bertz CT molecular complexity index is 1640. The van der Waals surface area contributed by atoms with E-state index in [9.17, 15) is 4.79 Å². The first-order valence-electron chi connectivity index (χ1n) is 16.1. The van der Waals surface area contributed by atoms with Crippen LogP contribution in [0.2, 0.25) is 10.0 Å². The molecule has 3 aliphatic heterocycles. The molecule has 1 spiro atoms.